The van der Waals surface area contributed by atoms with Gasteiger partial charge in [-0.05, 0) is 12.1 Å². The molecule has 1 unspecified atom stereocenters. The number of aromatic hydroxyl groups is 1. The minimum atomic E-state index is -2.91. The predicted octanol–water partition coefficient (Wildman–Crippen LogP) is 2.52. The van der Waals surface area contributed by atoms with Crippen LogP contribution in [0.3, 0.4) is 0 Å². The first-order chi connectivity index (χ1) is 6.52. The summed E-state index contributed by atoms with van der Waals surface area (Å²) in [4.78, 5) is 0. The predicted molar refractivity (Wildman–Crippen MR) is 47.0 cm³/mol. The molecule has 1 aliphatic heterocycles. The third-order valence-corrected chi connectivity index (χ3v) is 2.53. The topological polar surface area (TPSA) is 29.5 Å². The van der Waals surface area contributed by atoms with Gasteiger partial charge >= 0.3 is 0 Å². The van der Waals surface area contributed by atoms with Gasteiger partial charge in [-0.25, -0.2) is 8.78 Å². The van der Waals surface area contributed by atoms with E-state index in [1.54, 1.807) is 12.1 Å². The van der Waals surface area contributed by atoms with Gasteiger partial charge in [-0.3, -0.25) is 0 Å². The van der Waals surface area contributed by atoms with E-state index in [9.17, 15) is 13.9 Å². The molecule has 76 valence electrons. The average molecular weight is 200 g/mol. The van der Waals surface area contributed by atoms with E-state index in [1.807, 2.05) is 0 Å². The molecule has 0 amide bonds. The highest BCUT2D eigenvalue weighted by Gasteiger charge is 2.44. The zero-order valence-electron chi connectivity index (χ0n) is 7.63. The number of benzene rings is 1. The summed E-state index contributed by atoms with van der Waals surface area (Å²) in [7, 11) is 0. The van der Waals surface area contributed by atoms with E-state index in [1.165, 1.54) is 13.0 Å². The molecule has 1 aliphatic rings. The summed E-state index contributed by atoms with van der Waals surface area (Å²) in [6.07, 6.45) is 0. The fraction of sp³-hybridized carbons (Fsp3) is 0.400. The largest absolute Gasteiger partial charge is 0.508 e. The summed E-state index contributed by atoms with van der Waals surface area (Å²) in [5.41, 5.74) is 0.198. The van der Waals surface area contributed by atoms with Gasteiger partial charge in [0.15, 0.2) is 6.61 Å². The minimum absolute atomic E-state index is 0.130. The zero-order valence-corrected chi connectivity index (χ0v) is 7.63. The van der Waals surface area contributed by atoms with Crippen LogP contribution in [0.25, 0.3) is 0 Å². The maximum atomic E-state index is 13.2. The quantitative estimate of drug-likeness (QED) is 0.697. The molecule has 0 aromatic heterocycles. The molecule has 0 radical (unpaired) electrons. The van der Waals surface area contributed by atoms with Crippen molar-refractivity contribution < 1.29 is 18.6 Å². The fourth-order valence-corrected chi connectivity index (χ4v) is 1.60. The van der Waals surface area contributed by atoms with Crippen LogP contribution >= 0.6 is 0 Å². The highest BCUT2D eigenvalue weighted by Crippen LogP contribution is 2.45. The van der Waals surface area contributed by atoms with Crippen molar-refractivity contribution in [3.05, 3.63) is 23.8 Å². The van der Waals surface area contributed by atoms with Crippen LogP contribution in [-0.4, -0.2) is 17.6 Å². The Morgan fingerprint density at radius 3 is 2.93 bits per heavy atom. The minimum Gasteiger partial charge on any atom is -0.508 e. The summed E-state index contributed by atoms with van der Waals surface area (Å²) in [6, 6.07) is 4.55. The van der Waals surface area contributed by atoms with Crippen LogP contribution in [0.1, 0.15) is 18.4 Å². The van der Waals surface area contributed by atoms with Crippen LogP contribution in [0.4, 0.5) is 8.78 Å². The fourth-order valence-electron chi connectivity index (χ4n) is 1.60. The zero-order chi connectivity index (χ0) is 10.3. The van der Waals surface area contributed by atoms with Gasteiger partial charge in [0, 0.05) is 5.56 Å². The van der Waals surface area contributed by atoms with E-state index in [0.717, 1.165) is 0 Å². The second-order valence-corrected chi connectivity index (χ2v) is 3.46. The third kappa shape index (κ3) is 1.22. The molecule has 14 heavy (non-hydrogen) atoms. The van der Waals surface area contributed by atoms with Crippen LogP contribution < -0.4 is 4.74 Å². The number of hydrogen-bond acceptors (Lipinski definition) is 2. The van der Waals surface area contributed by atoms with E-state index in [0.29, 0.717) is 5.75 Å². The maximum absolute atomic E-state index is 13.2. The van der Waals surface area contributed by atoms with E-state index in [4.69, 9.17) is 4.74 Å². The smallest absolute Gasteiger partial charge is 0.288 e. The number of rotatable bonds is 0. The van der Waals surface area contributed by atoms with Crippen LogP contribution in [0.2, 0.25) is 0 Å². The molecule has 1 atom stereocenters. The lowest BCUT2D eigenvalue weighted by molar-refractivity contribution is -0.0729. The summed E-state index contributed by atoms with van der Waals surface area (Å²) >= 11 is 0. The number of halogens is 2. The molecule has 4 heteroatoms. The Morgan fingerprint density at radius 2 is 2.21 bits per heavy atom. The maximum Gasteiger partial charge on any atom is 0.288 e. The van der Waals surface area contributed by atoms with Gasteiger partial charge in [-0.1, -0.05) is 13.0 Å². The second-order valence-electron chi connectivity index (χ2n) is 3.46. The summed E-state index contributed by atoms with van der Waals surface area (Å²) in [5.74, 6) is -3.70. The molecule has 0 spiro atoms. The molecular weight excluding hydrogens is 190 g/mol. The van der Waals surface area contributed by atoms with Crippen LogP contribution in [-0.2, 0) is 0 Å². The average Bonchev–Trinajstić information content (AvgIpc) is 2.12. The van der Waals surface area contributed by atoms with Crippen molar-refractivity contribution in [3.8, 4) is 11.5 Å². The van der Waals surface area contributed by atoms with Crippen molar-refractivity contribution in [3.63, 3.8) is 0 Å². The Hall–Kier alpha value is -1.32. The second kappa shape index (κ2) is 2.83. The van der Waals surface area contributed by atoms with E-state index in [-0.39, 0.29) is 11.3 Å². The van der Waals surface area contributed by atoms with Gasteiger partial charge in [0.25, 0.3) is 5.92 Å². The summed E-state index contributed by atoms with van der Waals surface area (Å²) in [6.45, 7) is 0.770. The normalized spacial score (nSPS) is 23.8. The Bertz CT molecular complexity index is 363. The van der Waals surface area contributed by atoms with Crippen LogP contribution in [0.5, 0.6) is 11.5 Å². The van der Waals surface area contributed by atoms with Crippen molar-refractivity contribution in [2.24, 2.45) is 0 Å². The molecule has 0 fully saturated rings. The molecule has 1 aromatic rings. The number of ether oxygens (including phenoxy) is 1. The Labute approximate surface area is 80.1 Å². The molecule has 0 bridgehead atoms. The molecule has 2 rings (SSSR count). The van der Waals surface area contributed by atoms with Gasteiger partial charge in [0.2, 0.25) is 0 Å². The van der Waals surface area contributed by atoms with Crippen molar-refractivity contribution in [1.82, 2.24) is 0 Å². The van der Waals surface area contributed by atoms with E-state index < -0.39 is 18.4 Å². The number of phenolic OH excluding ortho intramolecular Hbond substituents is 1. The lowest BCUT2D eigenvalue weighted by Crippen LogP contribution is -2.35. The molecule has 0 saturated carbocycles. The number of alkyl halides is 2. The monoisotopic (exact) mass is 200 g/mol. The SMILES string of the molecule is CC1c2c(O)cccc2OCC1(F)F. The van der Waals surface area contributed by atoms with Gasteiger partial charge in [0.05, 0.1) is 5.92 Å². The number of fused-ring (bicyclic) bond motifs is 1. The highest BCUT2D eigenvalue weighted by molar-refractivity contribution is 5.48. The van der Waals surface area contributed by atoms with Crippen LogP contribution in [0.15, 0.2) is 18.2 Å². The van der Waals surface area contributed by atoms with Gasteiger partial charge in [-0.2, -0.15) is 0 Å². The Morgan fingerprint density at radius 1 is 1.50 bits per heavy atom. The van der Waals surface area contributed by atoms with Gasteiger partial charge in [0.1, 0.15) is 11.5 Å². The van der Waals surface area contributed by atoms with Crippen LogP contribution in [0, 0.1) is 0 Å². The molecule has 1 heterocycles. The lowest BCUT2D eigenvalue weighted by Gasteiger charge is -2.31. The van der Waals surface area contributed by atoms with E-state index in [2.05, 4.69) is 0 Å². The molecular formula is C10H10F2O2. The van der Waals surface area contributed by atoms with Crippen molar-refractivity contribution in [2.45, 2.75) is 18.8 Å². The summed E-state index contributed by atoms with van der Waals surface area (Å²) < 4.78 is 31.3. The van der Waals surface area contributed by atoms with Gasteiger partial charge in [-0.15, -0.1) is 0 Å². The highest BCUT2D eigenvalue weighted by atomic mass is 19.3. The molecule has 1 N–H and O–H groups in total. The first-order valence-electron chi connectivity index (χ1n) is 4.35. The standard InChI is InChI=1S/C10H10F2O2/c1-6-9-7(13)3-2-4-8(9)14-5-10(6,11)12/h2-4,6,13H,5H2,1H3. The first-order valence-corrected chi connectivity index (χ1v) is 4.35. The molecule has 0 saturated heterocycles. The number of hydrogen-bond donors (Lipinski definition) is 1. The molecule has 2 nitrogen and oxygen atoms in total. The Kier molecular flexibility index (Phi) is 1.87. The third-order valence-electron chi connectivity index (χ3n) is 2.53. The van der Waals surface area contributed by atoms with E-state index >= 15 is 0 Å². The van der Waals surface area contributed by atoms with Crippen molar-refractivity contribution in [1.29, 1.82) is 0 Å². The van der Waals surface area contributed by atoms with Crippen molar-refractivity contribution >= 4 is 0 Å². The lowest BCUT2D eigenvalue weighted by atomic mass is 9.91. The van der Waals surface area contributed by atoms with Gasteiger partial charge < -0.3 is 9.84 Å². The Balaban J connectivity index is 2.54. The number of phenols is 1. The summed E-state index contributed by atoms with van der Waals surface area (Å²) in [5, 5.41) is 9.45. The molecule has 1 aromatic carbocycles. The first kappa shape index (κ1) is 9.24. The van der Waals surface area contributed by atoms with Crippen molar-refractivity contribution in [2.75, 3.05) is 6.61 Å². The molecule has 0 aliphatic carbocycles.